The Morgan fingerprint density at radius 1 is 0.821 bits per heavy atom. The van der Waals surface area contributed by atoms with Gasteiger partial charge in [0.1, 0.15) is 24.4 Å². The van der Waals surface area contributed by atoms with Gasteiger partial charge < -0.3 is 20.0 Å². The Labute approximate surface area is 231 Å². The summed E-state index contributed by atoms with van der Waals surface area (Å²) in [5, 5.41) is 3.69. The number of likely N-dealkylation sites (N-methyl/N-ethyl adjacent to an activating group) is 1. The van der Waals surface area contributed by atoms with Gasteiger partial charge in [-0.15, -0.1) is 13.2 Å². The third-order valence-electron chi connectivity index (χ3n) is 11.4. The number of carbonyl (C=O) groups excluding carboxylic acids is 2. The first-order valence-corrected chi connectivity index (χ1v) is 14.1. The van der Waals surface area contributed by atoms with E-state index in [1.54, 1.807) is 0 Å². The maximum atomic E-state index is 14.8. The number of anilines is 2. The Morgan fingerprint density at radius 2 is 1.36 bits per heavy atom. The smallest absolute Gasteiger partial charge is 0.247 e. The van der Waals surface area contributed by atoms with Crippen LogP contribution in [0.2, 0.25) is 0 Å². The zero-order valence-electron chi connectivity index (χ0n) is 23.6. The second-order valence-corrected chi connectivity index (χ2v) is 13.3. The second kappa shape index (κ2) is 7.35. The van der Waals surface area contributed by atoms with Crippen LogP contribution in [0.5, 0.6) is 0 Å². The number of rotatable bonds is 4. The molecule has 3 fully saturated rings. The molecule has 5 aliphatic rings. The largest absolute Gasteiger partial charge is 0.364 e. The molecule has 2 aromatic carbocycles. The number of benzene rings is 2. The molecule has 6 nitrogen and oxygen atoms in total. The molecule has 5 heterocycles. The van der Waals surface area contributed by atoms with Gasteiger partial charge in [-0.2, -0.15) is 0 Å². The van der Waals surface area contributed by atoms with Crippen molar-refractivity contribution < 1.29 is 9.59 Å². The molecule has 7 rings (SSSR count). The Hall–Kier alpha value is -3.54. The summed E-state index contributed by atoms with van der Waals surface area (Å²) >= 11 is 0. The molecule has 6 atom stereocenters. The maximum Gasteiger partial charge on any atom is 0.247 e. The SMILES string of the molecule is C=CC(C)(C)[C@]12C[C@H]3C(=O)N4[C@@H](C[C@@]5(C(C)(C)C=C)c6ccccc6N(C)[C@@H]45)C(=O)N3[C@H]1Nc1ccccc12. The highest BCUT2D eigenvalue weighted by atomic mass is 16.2. The Balaban J connectivity index is 1.40. The zero-order valence-corrected chi connectivity index (χ0v) is 23.6. The predicted octanol–water partition coefficient (Wildman–Crippen LogP) is 5.03. The van der Waals surface area contributed by atoms with Gasteiger partial charge in [0, 0.05) is 29.3 Å². The minimum Gasteiger partial charge on any atom is -0.364 e. The third kappa shape index (κ3) is 2.50. The second-order valence-electron chi connectivity index (χ2n) is 13.3. The first-order chi connectivity index (χ1) is 18.5. The van der Waals surface area contributed by atoms with Crippen LogP contribution < -0.4 is 10.2 Å². The van der Waals surface area contributed by atoms with Crippen molar-refractivity contribution in [2.75, 3.05) is 17.3 Å². The van der Waals surface area contributed by atoms with Crippen molar-refractivity contribution in [2.24, 2.45) is 10.8 Å². The number of hydrogen-bond acceptors (Lipinski definition) is 4. The molecule has 202 valence electrons. The summed E-state index contributed by atoms with van der Waals surface area (Å²) in [6.45, 7) is 17.2. The highest BCUT2D eigenvalue weighted by Gasteiger charge is 2.74. The summed E-state index contributed by atoms with van der Waals surface area (Å²) in [4.78, 5) is 35.6. The van der Waals surface area contributed by atoms with Crippen molar-refractivity contribution in [1.82, 2.24) is 9.80 Å². The molecule has 0 saturated carbocycles. The quantitative estimate of drug-likeness (QED) is 0.573. The molecule has 0 radical (unpaired) electrons. The van der Waals surface area contributed by atoms with Crippen LogP contribution in [0.25, 0.3) is 0 Å². The number of hydrogen-bond donors (Lipinski definition) is 1. The number of fused-ring (bicyclic) bond motifs is 10. The van der Waals surface area contributed by atoms with Gasteiger partial charge in [0.2, 0.25) is 11.8 Å². The van der Waals surface area contributed by atoms with Gasteiger partial charge in [-0.1, -0.05) is 76.2 Å². The first-order valence-electron chi connectivity index (χ1n) is 14.1. The van der Waals surface area contributed by atoms with Gasteiger partial charge in [-0.05, 0) is 46.9 Å². The highest BCUT2D eigenvalue weighted by molar-refractivity contribution is 6.01. The van der Waals surface area contributed by atoms with Crippen LogP contribution in [0.3, 0.4) is 0 Å². The van der Waals surface area contributed by atoms with E-state index in [1.165, 1.54) is 11.1 Å². The number of amides is 2. The molecule has 5 aliphatic heterocycles. The van der Waals surface area contributed by atoms with E-state index in [0.29, 0.717) is 12.8 Å². The average molecular weight is 523 g/mol. The van der Waals surface area contributed by atoms with Gasteiger partial charge >= 0.3 is 0 Å². The molecule has 2 amide bonds. The molecule has 0 spiro atoms. The highest BCUT2D eigenvalue weighted by Crippen LogP contribution is 2.65. The Bertz CT molecular complexity index is 1460. The van der Waals surface area contributed by atoms with E-state index in [-0.39, 0.29) is 35.0 Å². The van der Waals surface area contributed by atoms with Gasteiger partial charge in [-0.25, -0.2) is 0 Å². The van der Waals surface area contributed by atoms with Crippen LogP contribution in [0.4, 0.5) is 11.4 Å². The fourth-order valence-electron chi connectivity index (χ4n) is 9.08. The number of piperazine rings is 1. The van der Waals surface area contributed by atoms with Crippen molar-refractivity contribution >= 4 is 23.2 Å². The summed E-state index contributed by atoms with van der Waals surface area (Å²) in [6.07, 6.45) is 4.59. The fourth-order valence-corrected chi connectivity index (χ4v) is 9.08. The van der Waals surface area contributed by atoms with Crippen molar-refractivity contribution in [3.05, 3.63) is 85.0 Å². The lowest BCUT2D eigenvalue weighted by Crippen LogP contribution is -2.67. The first kappa shape index (κ1) is 24.5. The fraction of sp³-hybridized carbons (Fsp3) is 0.455. The monoisotopic (exact) mass is 522 g/mol. The molecule has 39 heavy (non-hydrogen) atoms. The van der Waals surface area contributed by atoms with Gasteiger partial charge in [0.15, 0.2) is 0 Å². The summed E-state index contributed by atoms with van der Waals surface area (Å²) < 4.78 is 0. The Morgan fingerprint density at radius 3 is 2.05 bits per heavy atom. The van der Waals surface area contributed by atoms with Crippen LogP contribution >= 0.6 is 0 Å². The number of allylic oxidation sites excluding steroid dienone is 2. The van der Waals surface area contributed by atoms with Crippen molar-refractivity contribution in [1.29, 1.82) is 0 Å². The topological polar surface area (TPSA) is 55.9 Å². The minimum atomic E-state index is -0.529. The number of nitrogens with zero attached hydrogens (tertiary/aromatic N) is 3. The summed E-state index contributed by atoms with van der Waals surface area (Å²) in [5.74, 6) is 0.102. The van der Waals surface area contributed by atoms with Gasteiger partial charge in [0.05, 0.1) is 0 Å². The van der Waals surface area contributed by atoms with Gasteiger partial charge in [0.25, 0.3) is 0 Å². The lowest BCUT2D eigenvalue weighted by Gasteiger charge is -2.47. The minimum absolute atomic E-state index is 0.0474. The van der Waals surface area contributed by atoms with E-state index < -0.39 is 22.9 Å². The van der Waals surface area contributed by atoms with E-state index in [4.69, 9.17) is 0 Å². The van der Waals surface area contributed by atoms with E-state index in [0.717, 1.165) is 11.4 Å². The van der Waals surface area contributed by atoms with Crippen molar-refractivity contribution in [3.8, 4) is 0 Å². The van der Waals surface area contributed by atoms with Crippen LogP contribution in [-0.2, 0) is 20.4 Å². The lowest BCUT2D eigenvalue weighted by molar-refractivity contribution is -0.160. The number of nitrogens with one attached hydrogen (secondary N) is 1. The van der Waals surface area contributed by atoms with Crippen molar-refractivity contribution in [2.45, 2.75) is 75.8 Å². The van der Waals surface area contributed by atoms with E-state index in [2.05, 4.69) is 101 Å². The van der Waals surface area contributed by atoms with Crippen LogP contribution in [0.1, 0.15) is 51.7 Å². The summed E-state index contributed by atoms with van der Waals surface area (Å²) in [7, 11) is 2.07. The summed E-state index contributed by atoms with van der Waals surface area (Å²) in [6, 6.07) is 15.7. The predicted molar refractivity (Wildman–Crippen MR) is 154 cm³/mol. The normalized spacial score (nSPS) is 34.1. The third-order valence-corrected chi connectivity index (χ3v) is 11.4. The van der Waals surface area contributed by atoms with Crippen LogP contribution in [-0.4, -0.2) is 53.1 Å². The molecule has 0 unspecified atom stereocenters. The van der Waals surface area contributed by atoms with Crippen LogP contribution in [0, 0.1) is 10.8 Å². The Kier molecular flexibility index (Phi) is 4.62. The lowest BCUT2D eigenvalue weighted by atomic mass is 9.60. The zero-order chi connectivity index (χ0) is 27.7. The molecule has 3 saturated heterocycles. The molecule has 6 heteroatoms. The molecular formula is C33H38N4O2. The molecule has 2 aromatic rings. The molecule has 1 N–H and O–H groups in total. The number of carbonyl (C=O) groups is 2. The van der Waals surface area contributed by atoms with Crippen LogP contribution in [0.15, 0.2) is 73.8 Å². The molecule has 0 aromatic heterocycles. The maximum absolute atomic E-state index is 14.8. The van der Waals surface area contributed by atoms with Gasteiger partial charge in [-0.3, -0.25) is 9.59 Å². The molecular weight excluding hydrogens is 484 g/mol. The van der Waals surface area contributed by atoms with E-state index in [9.17, 15) is 9.59 Å². The number of para-hydroxylation sites is 2. The average Bonchev–Trinajstić information content (AvgIpc) is 3.63. The van der Waals surface area contributed by atoms with E-state index >= 15 is 0 Å². The molecule has 0 bridgehead atoms. The van der Waals surface area contributed by atoms with E-state index in [1.807, 2.05) is 28.0 Å². The standard InChI is InChI=1S/C33H38N4O2/c1-8-30(3,4)32-18-24-27(39)37-25(26(38)36(24)28(32)34-22-16-12-10-14-20(22)32)19-33(31(5,6)9-2)21-15-11-13-17-23(21)35(7)29(33)37/h8-17,24-25,28-29,34H,1-2,18-19H2,3-7H3/t24-,25-,28+,29-,32-,33+/m0/s1. The van der Waals surface area contributed by atoms with Crippen molar-refractivity contribution in [3.63, 3.8) is 0 Å². The summed E-state index contributed by atoms with van der Waals surface area (Å²) in [5.41, 5.74) is 2.93. The molecule has 0 aliphatic carbocycles.